The van der Waals surface area contributed by atoms with Gasteiger partial charge < -0.3 is 4.74 Å². The zero-order valence-electron chi connectivity index (χ0n) is 15.0. The molecule has 0 aliphatic heterocycles. The van der Waals surface area contributed by atoms with Crippen molar-refractivity contribution in [2.75, 3.05) is 0 Å². The first-order valence-corrected chi connectivity index (χ1v) is 9.10. The van der Waals surface area contributed by atoms with Crippen molar-refractivity contribution >= 4 is 12.0 Å². The van der Waals surface area contributed by atoms with Crippen molar-refractivity contribution in [1.82, 2.24) is 0 Å². The molecule has 0 bridgehead atoms. The fraction of sp³-hybridized carbons (Fsp3) is 0.571. The van der Waals surface area contributed by atoms with E-state index in [0.717, 1.165) is 37.7 Å². The summed E-state index contributed by atoms with van der Waals surface area (Å²) in [6, 6.07) is 7.51. The predicted molar refractivity (Wildman–Crippen MR) is 98.6 cm³/mol. The fourth-order valence-electron chi connectivity index (χ4n) is 3.09. The molecule has 1 rings (SSSR count). The molecule has 0 fully saturated rings. The van der Waals surface area contributed by atoms with E-state index in [9.17, 15) is 4.79 Å². The Labute approximate surface area is 141 Å². The van der Waals surface area contributed by atoms with Gasteiger partial charge in [0.25, 0.3) is 0 Å². The van der Waals surface area contributed by atoms with Gasteiger partial charge in [0, 0.05) is 0 Å². The molecular weight excluding hydrogens is 284 g/mol. The highest BCUT2D eigenvalue weighted by atomic mass is 16.5. The van der Waals surface area contributed by atoms with Gasteiger partial charge in [-0.25, -0.2) is 4.79 Å². The molecule has 23 heavy (non-hydrogen) atoms. The van der Waals surface area contributed by atoms with Crippen LogP contribution in [0.1, 0.15) is 81.6 Å². The van der Waals surface area contributed by atoms with Crippen LogP contribution < -0.4 is 0 Å². The maximum Gasteiger partial charge on any atom is 0.339 e. The number of hydrogen-bond acceptors (Lipinski definition) is 2. The van der Waals surface area contributed by atoms with Crippen LogP contribution in [0.5, 0.6) is 0 Å². The molecule has 2 unspecified atom stereocenters. The smallest absolute Gasteiger partial charge is 0.339 e. The van der Waals surface area contributed by atoms with E-state index in [1.54, 1.807) is 6.08 Å². The molecule has 0 spiro atoms. The molecule has 0 saturated heterocycles. The van der Waals surface area contributed by atoms with Crippen molar-refractivity contribution in [2.45, 2.75) is 71.8 Å². The lowest BCUT2D eigenvalue weighted by Crippen LogP contribution is -2.27. The van der Waals surface area contributed by atoms with E-state index in [1.807, 2.05) is 24.3 Å². The molecular formula is C21H32O2. The molecule has 2 heteroatoms. The topological polar surface area (TPSA) is 26.3 Å². The first-order chi connectivity index (χ1) is 11.2. The summed E-state index contributed by atoms with van der Waals surface area (Å²) in [5.41, 5.74) is 1.46. The van der Waals surface area contributed by atoms with Gasteiger partial charge in [-0.05, 0) is 36.8 Å². The van der Waals surface area contributed by atoms with Gasteiger partial charge in [0.2, 0.25) is 0 Å². The summed E-state index contributed by atoms with van der Waals surface area (Å²) in [6.45, 7) is 10.4. The highest BCUT2D eigenvalue weighted by Crippen LogP contribution is 2.26. The summed E-state index contributed by atoms with van der Waals surface area (Å²) in [7, 11) is 0. The monoisotopic (exact) mass is 316 g/mol. The van der Waals surface area contributed by atoms with Gasteiger partial charge in [0.05, 0.1) is 5.56 Å². The lowest BCUT2D eigenvalue weighted by molar-refractivity contribution is 0.00744. The third-order valence-corrected chi connectivity index (χ3v) is 4.35. The molecule has 0 aromatic heterocycles. The standard InChI is InChI=1S/C21H32O2/c1-5-9-14-18(12-6-2)20(13-7-3)23-21(22)19-16-11-10-15-17(19)8-4/h8,10-11,15-16,18,20H,4-7,9,12-14H2,1-3H3. The number of hydrogen-bond donors (Lipinski definition) is 0. The van der Waals surface area contributed by atoms with Gasteiger partial charge in [0.1, 0.15) is 6.10 Å². The third-order valence-electron chi connectivity index (χ3n) is 4.35. The summed E-state index contributed by atoms with van der Waals surface area (Å²) in [5.74, 6) is 0.260. The van der Waals surface area contributed by atoms with Crippen molar-refractivity contribution in [2.24, 2.45) is 5.92 Å². The number of carbonyl (C=O) groups excluding carboxylic acids is 1. The average molecular weight is 316 g/mol. The first kappa shape index (κ1) is 19.5. The van der Waals surface area contributed by atoms with E-state index in [4.69, 9.17) is 4.74 Å². The minimum absolute atomic E-state index is 0.0249. The molecule has 0 N–H and O–H groups in total. The van der Waals surface area contributed by atoms with E-state index >= 15 is 0 Å². The van der Waals surface area contributed by atoms with E-state index in [-0.39, 0.29) is 12.1 Å². The Morgan fingerprint density at radius 1 is 1.09 bits per heavy atom. The van der Waals surface area contributed by atoms with Crippen LogP contribution in [0.25, 0.3) is 6.08 Å². The van der Waals surface area contributed by atoms with E-state index < -0.39 is 0 Å². The second kappa shape index (κ2) is 11.0. The second-order valence-corrected chi connectivity index (χ2v) is 6.21. The van der Waals surface area contributed by atoms with Crippen molar-refractivity contribution in [3.05, 3.63) is 42.0 Å². The van der Waals surface area contributed by atoms with E-state index in [2.05, 4.69) is 27.4 Å². The van der Waals surface area contributed by atoms with Gasteiger partial charge in [0.15, 0.2) is 0 Å². The lowest BCUT2D eigenvalue weighted by Gasteiger charge is -2.27. The minimum Gasteiger partial charge on any atom is -0.458 e. The van der Waals surface area contributed by atoms with Crippen LogP contribution in [-0.2, 0) is 4.74 Å². The van der Waals surface area contributed by atoms with Gasteiger partial charge in [-0.15, -0.1) is 0 Å². The van der Waals surface area contributed by atoms with E-state index in [1.165, 1.54) is 12.8 Å². The predicted octanol–water partition coefficient (Wildman–Crippen LogP) is 6.26. The molecule has 2 atom stereocenters. The number of benzene rings is 1. The maximum absolute atomic E-state index is 12.6. The molecule has 0 amide bonds. The Morgan fingerprint density at radius 3 is 2.39 bits per heavy atom. The zero-order chi connectivity index (χ0) is 17.1. The maximum atomic E-state index is 12.6. The van der Waals surface area contributed by atoms with Gasteiger partial charge in [-0.2, -0.15) is 0 Å². The summed E-state index contributed by atoms with van der Waals surface area (Å²) in [6.07, 6.45) is 9.51. The number of ether oxygens (including phenoxy) is 1. The van der Waals surface area contributed by atoms with Crippen molar-refractivity contribution < 1.29 is 9.53 Å². The van der Waals surface area contributed by atoms with Gasteiger partial charge >= 0.3 is 5.97 Å². The Morgan fingerprint density at radius 2 is 1.78 bits per heavy atom. The van der Waals surface area contributed by atoms with Crippen LogP contribution in [0.3, 0.4) is 0 Å². The van der Waals surface area contributed by atoms with Crippen molar-refractivity contribution in [1.29, 1.82) is 0 Å². The van der Waals surface area contributed by atoms with Crippen LogP contribution in [0, 0.1) is 5.92 Å². The highest BCUT2D eigenvalue weighted by molar-refractivity contribution is 5.93. The Bertz CT molecular complexity index is 478. The summed E-state index contributed by atoms with van der Waals surface area (Å²) in [4.78, 5) is 12.6. The van der Waals surface area contributed by atoms with Crippen LogP contribution >= 0.6 is 0 Å². The molecule has 1 aromatic carbocycles. The molecule has 0 saturated carbocycles. The Kier molecular flexibility index (Phi) is 9.35. The molecule has 0 aliphatic rings. The van der Waals surface area contributed by atoms with Gasteiger partial charge in [-0.3, -0.25) is 0 Å². The average Bonchev–Trinajstić information content (AvgIpc) is 2.58. The molecule has 1 aromatic rings. The van der Waals surface area contributed by atoms with E-state index in [0.29, 0.717) is 11.5 Å². The van der Waals surface area contributed by atoms with Crippen molar-refractivity contribution in [3.8, 4) is 0 Å². The molecule has 128 valence electrons. The fourth-order valence-corrected chi connectivity index (χ4v) is 3.09. The summed E-state index contributed by atoms with van der Waals surface area (Å²) >= 11 is 0. The SMILES string of the molecule is C=Cc1ccccc1C(=O)OC(CCC)C(CCC)CCCC. The largest absolute Gasteiger partial charge is 0.458 e. The number of rotatable bonds is 11. The summed E-state index contributed by atoms with van der Waals surface area (Å²) in [5, 5.41) is 0. The molecule has 0 radical (unpaired) electrons. The Hall–Kier alpha value is -1.57. The number of unbranched alkanes of at least 4 members (excludes halogenated alkanes) is 1. The minimum atomic E-state index is -0.212. The second-order valence-electron chi connectivity index (χ2n) is 6.21. The Balaban J connectivity index is 2.87. The van der Waals surface area contributed by atoms with Crippen LogP contribution in [0.15, 0.2) is 30.8 Å². The van der Waals surface area contributed by atoms with Crippen LogP contribution in [0.4, 0.5) is 0 Å². The lowest BCUT2D eigenvalue weighted by atomic mass is 9.89. The highest BCUT2D eigenvalue weighted by Gasteiger charge is 2.24. The first-order valence-electron chi connectivity index (χ1n) is 9.10. The van der Waals surface area contributed by atoms with Crippen molar-refractivity contribution in [3.63, 3.8) is 0 Å². The molecule has 2 nitrogen and oxygen atoms in total. The zero-order valence-corrected chi connectivity index (χ0v) is 15.0. The third kappa shape index (κ3) is 6.21. The van der Waals surface area contributed by atoms with Crippen LogP contribution in [-0.4, -0.2) is 12.1 Å². The van der Waals surface area contributed by atoms with Crippen LogP contribution in [0.2, 0.25) is 0 Å². The summed E-state index contributed by atoms with van der Waals surface area (Å²) < 4.78 is 5.94. The quantitative estimate of drug-likeness (QED) is 0.450. The molecule has 0 aliphatic carbocycles. The normalized spacial score (nSPS) is 13.3. The van der Waals surface area contributed by atoms with Gasteiger partial charge in [-0.1, -0.05) is 77.3 Å². The molecule has 0 heterocycles. The number of carbonyl (C=O) groups is 1. The number of esters is 1.